The molecule has 4 N–H and O–H groups in total. The Bertz CT molecular complexity index is 1010. The smallest absolute Gasteiger partial charge is 0.475 e. The Balaban J connectivity index is 0.000000406. The monoisotopic (exact) mass is 482 g/mol. The van der Waals surface area contributed by atoms with Crippen molar-refractivity contribution in [1.82, 2.24) is 10.2 Å². The third-order valence-corrected chi connectivity index (χ3v) is 5.64. The minimum Gasteiger partial charge on any atom is -0.475 e. The van der Waals surface area contributed by atoms with Gasteiger partial charge in [0.05, 0.1) is 5.69 Å². The molecular formula is C23H26F4N4O3. The highest BCUT2D eigenvalue weighted by molar-refractivity contribution is 5.90. The number of aliphatic carboxylic acids is 1. The zero-order valence-electron chi connectivity index (χ0n) is 18.3. The molecule has 184 valence electrons. The van der Waals surface area contributed by atoms with Crippen molar-refractivity contribution < 1.29 is 32.3 Å². The van der Waals surface area contributed by atoms with Gasteiger partial charge in [0.1, 0.15) is 5.82 Å². The molecule has 0 radical (unpaired) electrons. The van der Waals surface area contributed by atoms with E-state index in [0.717, 1.165) is 38.0 Å². The van der Waals surface area contributed by atoms with E-state index in [1.807, 2.05) is 23.1 Å². The Morgan fingerprint density at radius 2 is 1.68 bits per heavy atom. The number of anilines is 2. The first-order valence-corrected chi connectivity index (χ1v) is 10.8. The summed E-state index contributed by atoms with van der Waals surface area (Å²) in [5, 5.41) is 16.8. The minimum atomic E-state index is -5.08. The number of hydrogen-bond donors (Lipinski definition) is 4. The second kappa shape index (κ2) is 11.2. The van der Waals surface area contributed by atoms with Crippen LogP contribution < -0.4 is 16.0 Å². The zero-order valence-corrected chi connectivity index (χ0v) is 18.3. The molecule has 0 aliphatic carbocycles. The fourth-order valence-electron chi connectivity index (χ4n) is 3.87. The highest BCUT2D eigenvalue weighted by atomic mass is 19.4. The summed E-state index contributed by atoms with van der Waals surface area (Å²) in [7, 11) is 0. The van der Waals surface area contributed by atoms with E-state index in [1.54, 1.807) is 12.1 Å². The van der Waals surface area contributed by atoms with E-state index >= 15 is 0 Å². The Morgan fingerprint density at radius 1 is 1.03 bits per heavy atom. The van der Waals surface area contributed by atoms with Gasteiger partial charge in [-0.15, -0.1) is 0 Å². The number of halogens is 4. The summed E-state index contributed by atoms with van der Waals surface area (Å²) < 4.78 is 45.5. The van der Waals surface area contributed by atoms with Crippen molar-refractivity contribution in [3.8, 4) is 0 Å². The van der Waals surface area contributed by atoms with Crippen LogP contribution in [0.15, 0.2) is 42.5 Å². The number of carbonyl (C=O) groups excluding carboxylic acids is 1. The number of fused-ring (bicyclic) bond motifs is 1. The molecule has 2 aromatic carbocycles. The summed E-state index contributed by atoms with van der Waals surface area (Å²) in [6.45, 7) is 3.11. The molecule has 7 nitrogen and oxygen atoms in total. The van der Waals surface area contributed by atoms with E-state index in [0.29, 0.717) is 18.8 Å². The largest absolute Gasteiger partial charge is 0.490 e. The number of carbonyl (C=O) groups is 2. The number of amides is 2. The first-order valence-electron chi connectivity index (χ1n) is 10.8. The number of benzene rings is 2. The molecule has 4 rings (SSSR count). The molecule has 34 heavy (non-hydrogen) atoms. The fraction of sp³-hybridized carbons (Fsp3) is 0.391. The summed E-state index contributed by atoms with van der Waals surface area (Å²) in [6, 6.07) is 12.9. The molecule has 2 aromatic rings. The topological polar surface area (TPSA) is 93.7 Å². The van der Waals surface area contributed by atoms with Gasteiger partial charge in [-0.1, -0.05) is 24.3 Å². The summed E-state index contributed by atoms with van der Waals surface area (Å²) in [6.07, 6.45) is -2.54. The van der Waals surface area contributed by atoms with Crippen LogP contribution in [-0.4, -0.2) is 53.9 Å². The second-order valence-electron chi connectivity index (χ2n) is 7.99. The normalized spacial score (nSPS) is 16.1. The lowest BCUT2D eigenvalue weighted by Crippen LogP contribution is -2.44. The van der Waals surface area contributed by atoms with Crippen LogP contribution in [0.2, 0.25) is 0 Å². The average molecular weight is 482 g/mol. The molecule has 2 aliphatic rings. The number of nitrogens with zero attached hydrogens (tertiary/aromatic N) is 1. The molecule has 0 saturated carbocycles. The molecule has 0 atom stereocenters. The minimum absolute atomic E-state index is 0.0497. The van der Waals surface area contributed by atoms with Gasteiger partial charge in [-0.05, 0) is 55.1 Å². The van der Waals surface area contributed by atoms with E-state index in [4.69, 9.17) is 9.90 Å². The molecule has 1 saturated heterocycles. The van der Waals surface area contributed by atoms with Crippen LogP contribution in [0.25, 0.3) is 0 Å². The lowest BCUT2D eigenvalue weighted by Gasteiger charge is -2.33. The van der Waals surface area contributed by atoms with Gasteiger partial charge in [-0.25, -0.2) is 14.0 Å². The van der Waals surface area contributed by atoms with Gasteiger partial charge in [0.25, 0.3) is 0 Å². The lowest BCUT2D eigenvalue weighted by atomic mass is 9.99. The predicted molar refractivity (Wildman–Crippen MR) is 119 cm³/mol. The van der Waals surface area contributed by atoms with Crippen LogP contribution in [0.1, 0.15) is 24.0 Å². The highest BCUT2D eigenvalue weighted by Crippen LogP contribution is 2.24. The highest BCUT2D eigenvalue weighted by Gasteiger charge is 2.38. The number of piperidine rings is 1. The maximum absolute atomic E-state index is 13.8. The average Bonchev–Trinajstić information content (AvgIpc) is 2.81. The Hall–Kier alpha value is -3.34. The van der Waals surface area contributed by atoms with E-state index in [1.165, 1.54) is 17.2 Å². The van der Waals surface area contributed by atoms with Crippen molar-refractivity contribution in [2.75, 3.05) is 30.3 Å². The number of para-hydroxylation sites is 1. The van der Waals surface area contributed by atoms with Crippen molar-refractivity contribution in [2.45, 2.75) is 38.0 Å². The van der Waals surface area contributed by atoms with Gasteiger partial charge in [0.2, 0.25) is 0 Å². The van der Waals surface area contributed by atoms with Crippen LogP contribution >= 0.6 is 0 Å². The molecule has 0 bridgehead atoms. The third-order valence-electron chi connectivity index (χ3n) is 5.64. The van der Waals surface area contributed by atoms with E-state index in [2.05, 4.69) is 22.0 Å². The Kier molecular flexibility index (Phi) is 8.32. The Morgan fingerprint density at radius 3 is 2.32 bits per heavy atom. The van der Waals surface area contributed by atoms with Gasteiger partial charge < -0.3 is 26.0 Å². The maximum Gasteiger partial charge on any atom is 0.490 e. The number of rotatable bonds is 3. The maximum atomic E-state index is 13.8. The van der Waals surface area contributed by atoms with Crippen molar-refractivity contribution in [3.63, 3.8) is 0 Å². The van der Waals surface area contributed by atoms with Crippen LogP contribution in [0.3, 0.4) is 0 Å². The fourth-order valence-corrected chi connectivity index (χ4v) is 3.87. The molecule has 2 amide bonds. The van der Waals surface area contributed by atoms with Gasteiger partial charge in [0, 0.05) is 31.4 Å². The quantitative estimate of drug-likeness (QED) is 0.492. The van der Waals surface area contributed by atoms with E-state index in [9.17, 15) is 22.4 Å². The lowest BCUT2D eigenvalue weighted by molar-refractivity contribution is -0.192. The van der Waals surface area contributed by atoms with Gasteiger partial charge in [0.15, 0.2) is 0 Å². The molecule has 2 heterocycles. The number of hydrogen-bond acceptors (Lipinski definition) is 4. The van der Waals surface area contributed by atoms with E-state index in [-0.39, 0.29) is 17.9 Å². The molecular weight excluding hydrogens is 456 g/mol. The molecule has 0 aromatic heterocycles. The van der Waals surface area contributed by atoms with E-state index < -0.39 is 12.1 Å². The predicted octanol–water partition coefficient (Wildman–Crippen LogP) is 4.21. The van der Waals surface area contributed by atoms with Gasteiger partial charge in [-0.2, -0.15) is 13.2 Å². The summed E-state index contributed by atoms with van der Waals surface area (Å²) in [5.74, 6) is -2.99. The zero-order chi connectivity index (χ0) is 24.7. The van der Waals surface area contributed by atoms with Crippen molar-refractivity contribution in [2.24, 2.45) is 0 Å². The number of alkyl halides is 3. The molecule has 2 aliphatic heterocycles. The standard InChI is InChI=1S/C21H25FN4O.C2HF3O2/c22-18-5-1-2-6-20(18)24-16-9-12-26(13-10-16)21(27)25-19-7-3-4-15-14-23-11-8-17(15)19;3-2(4,5)1(6)7/h1-7,16,23-24H,8-14H2,(H,25,27);(H,6,7). The van der Waals surface area contributed by atoms with Gasteiger partial charge in [-0.3, -0.25) is 0 Å². The summed E-state index contributed by atoms with van der Waals surface area (Å²) in [4.78, 5) is 23.4. The number of urea groups is 1. The SMILES string of the molecule is O=C(Nc1cccc2c1CCNC2)N1CCC(Nc2ccccc2F)CC1.O=C(O)C(F)(F)F. The third kappa shape index (κ3) is 6.83. The van der Waals surface area contributed by atoms with Gasteiger partial charge >= 0.3 is 18.2 Å². The number of carboxylic acids is 1. The van der Waals surface area contributed by atoms with Crippen LogP contribution in [0.5, 0.6) is 0 Å². The van der Waals surface area contributed by atoms with Crippen molar-refractivity contribution in [1.29, 1.82) is 0 Å². The van der Waals surface area contributed by atoms with Crippen molar-refractivity contribution in [3.05, 3.63) is 59.4 Å². The van der Waals surface area contributed by atoms with Crippen LogP contribution in [0.4, 0.5) is 33.7 Å². The number of likely N-dealkylation sites (tertiary alicyclic amines) is 1. The molecule has 11 heteroatoms. The first-order chi connectivity index (χ1) is 16.1. The summed E-state index contributed by atoms with van der Waals surface area (Å²) in [5.41, 5.74) is 3.95. The summed E-state index contributed by atoms with van der Waals surface area (Å²) >= 11 is 0. The van der Waals surface area contributed by atoms with Crippen LogP contribution in [-0.2, 0) is 17.8 Å². The number of carboxylic acid groups (broad SMARTS) is 1. The van der Waals surface area contributed by atoms with Crippen molar-refractivity contribution >= 4 is 23.4 Å². The first kappa shape index (κ1) is 25.3. The van der Waals surface area contributed by atoms with Crippen LogP contribution in [0, 0.1) is 5.82 Å². The Labute approximate surface area is 194 Å². The number of nitrogens with one attached hydrogen (secondary N) is 3. The molecule has 0 unspecified atom stereocenters. The molecule has 1 fully saturated rings. The molecule has 0 spiro atoms. The second-order valence-corrected chi connectivity index (χ2v) is 7.99.